The molecule has 15 rings (SSSR count). The molecule has 6 atom stereocenters. The van der Waals surface area contributed by atoms with Crippen LogP contribution in [0.2, 0.25) is 0 Å². The Morgan fingerprint density at radius 3 is 0.943 bits per heavy atom. The molecule has 0 aliphatic carbocycles. The van der Waals surface area contributed by atoms with Gasteiger partial charge in [0.05, 0.1) is 66.3 Å². The molecular weight excluding hydrogens is 1250 g/mol. The molecule has 12 nitrogen and oxygen atoms in total. The number of halogens is 9. The van der Waals surface area contributed by atoms with Gasteiger partial charge in [0.2, 0.25) is 0 Å². The van der Waals surface area contributed by atoms with Crippen molar-refractivity contribution in [3.8, 4) is 0 Å². The molecule has 0 amide bonds. The highest BCUT2D eigenvalue weighted by molar-refractivity contribution is 7.20. The zero-order valence-corrected chi connectivity index (χ0v) is 51.2. The van der Waals surface area contributed by atoms with Crippen molar-refractivity contribution in [1.82, 2.24) is 45.9 Å². The number of aromatic nitrogens is 6. The molecule has 6 N–H and O–H groups in total. The van der Waals surface area contributed by atoms with Gasteiger partial charge >= 0.3 is 0 Å². The van der Waals surface area contributed by atoms with E-state index in [1.54, 1.807) is 0 Å². The summed E-state index contributed by atoms with van der Waals surface area (Å²) in [5, 5.41) is 19.9. The van der Waals surface area contributed by atoms with E-state index in [1.807, 2.05) is 18.2 Å². The minimum atomic E-state index is -0.828. The normalized spacial score (nSPS) is 19.9. The summed E-state index contributed by atoms with van der Waals surface area (Å²) in [6, 6.07) is 10.2. The number of rotatable bonds is 9. The monoisotopic (exact) mass is 1300 g/mol. The van der Waals surface area contributed by atoms with Crippen LogP contribution in [-0.4, -0.2) is 67.7 Å². The lowest BCUT2D eigenvalue weighted by molar-refractivity contribution is 0.375. The lowest BCUT2D eigenvalue weighted by Gasteiger charge is -2.29. The molecule has 3 aliphatic rings. The topological polar surface area (TPSA) is 150 Å². The van der Waals surface area contributed by atoms with Gasteiger partial charge in [0.25, 0.3) is 0 Å². The number of piperidine rings is 3. The Kier molecular flexibility index (Phi) is 16.8. The van der Waals surface area contributed by atoms with Gasteiger partial charge in [-0.3, -0.25) is 0 Å². The second-order valence-corrected chi connectivity index (χ2v) is 27.5. The Bertz CT molecular complexity index is 4110. The molecule has 9 aromatic heterocycles. The van der Waals surface area contributed by atoms with Crippen LogP contribution in [0.1, 0.15) is 91.7 Å². The van der Waals surface area contributed by atoms with Crippen molar-refractivity contribution in [3.05, 3.63) is 139 Å². The minimum Gasteiger partial charge on any atom is -0.348 e. The zero-order valence-electron chi connectivity index (χ0n) is 46.3. The molecule has 12 aromatic rings. The van der Waals surface area contributed by atoms with Crippen molar-refractivity contribution in [1.29, 1.82) is 0 Å². The Hall–Kier alpha value is -6.69. The third-order valence-corrected chi connectivity index (χ3v) is 22.1. The van der Waals surface area contributed by atoms with Gasteiger partial charge in [-0.25, -0.2) is 69.4 Å². The van der Waals surface area contributed by atoms with E-state index in [1.165, 1.54) is 68.7 Å². The Morgan fingerprint density at radius 1 is 0.379 bits per heavy atom. The summed E-state index contributed by atoms with van der Waals surface area (Å²) in [7, 11) is 0. The lowest BCUT2D eigenvalue weighted by Crippen LogP contribution is -2.37. The lowest BCUT2D eigenvalue weighted by atomic mass is 9.90. The van der Waals surface area contributed by atoms with E-state index < -0.39 is 69.4 Å². The van der Waals surface area contributed by atoms with Crippen molar-refractivity contribution in [2.24, 2.45) is 0 Å². The largest absolute Gasteiger partial charge is 0.348 e. The van der Waals surface area contributed by atoms with Crippen molar-refractivity contribution >= 4 is 163 Å². The van der Waals surface area contributed by atoms with Gasteiger partial charge < -0.3 is 31.9 Å². The highest BCUT2D eigenvalue weighted by Crippen LogP contribution is 2.45. The Morgan fingerprint density at radius 2 is 0.667 bits per heavy atom. The number of thiazole rings is 3. The van der Waals surface area contributed by atoms with Crippen LogP contribution in [0.5, 0.6) is 0 Å². The second kappa shape index (κ2) is 24.7. The van der Waals surface area contributed by atoms with Crippen LogP contribution in [0.25, 0.3) is 61.3 Å². The number of nitrogens with one attached hydrogen (secondary N) is 6. The quantitative estimate of drug-likeness (QED) is 0.0764. The first kappa shape index (κ1) is 59.3. The molecule has 3 aliphatic heterocycles. The van der Waals surface area contributed by atoms with E-state index in [2.05, 4.69) is 82.6 Å². The summed E-state index contributed by atoms with van der Waals surface area (Å²) >= 11 is 7.94. The maximum absolute atomic E-state index is 14.8. The number of hydrogen-bond donors (Lipinski definition) is 6. The van der Waals surface area contributed by atoms with Gasteiger partial charge in [-0.05, 0) is 115 Å². The number of nitrogens with zero attached hydrogens (tertiary/aromatic N) is 6. The average molecular weight is 1300 g/mol. The summed E-state index contributed by atoms with van der Waals surface area (Å²) < 4.78 is 133. The molecule has 450 valence electrons. The molecule has 3 fully saturated rings. The number of pyridine rings is 3. The first-order chi connectivity index (χ1) is 42.1. The maximum atomic E-state index is 14.8. The summed E-state index contributed by atoms with van der Waals surface area (Å²) in [4.78, 5) is 29.6. The zero-order chi connectivity index (χ0) is 60.4. The van der Waals surface area contributed by atoms with Crippen LogP contribution < -0.4 is 31.9 Å². The van der Waals surface area contributed by atoms with Crippen LogP contribution in [0.4, 0.5) is 73.6 Å². The molecular formula is C60H51F9N12S6. The van der Waals surface area contributed by atoms with Gasteiger partial charge in [0, 0.05) is 66.7 Å². The second-order valence-electron chi connectivity index (χ2n) is 21.6. The molecule has 0 radical (unpaired) electrons. The highest BCUT2D eigenvalue weighted by atomic mass is 32.1. The van der Waals surface area contributed by atoms with E-state index >= 15 is 0 Å². The van der Waals surface area contributed by atoms with Gasteiger partial charge in [-0.15, -0.1) is 68.0 Å². The van der Waals surface area contributed by atoms with E-state index in [4.69, 9.17) is 0 Å². The first-order valence-corrected chi connectivity index (χ1v) is 33.1. The van der Waals surface area contributed by atoms with Crippen molar-refractivity contribution < 1.29 is 39.5 Å². The first-order valence-electron chi connectivity index (χ1n) is 28.0. The molecule has 0 spiro atoms. The van der Waals surface area contributed by atoms with Crippen LogP contribution in [0.3, 0.4) is 0 Å². The molecule has 3 saturated heterocycles. The number of fused-ring (bicyclic) bond motifs is 6. The predicted molar refractivity (Wildman–Crippen MR) is 336 cm³/mol. The van der Waals surface area contributed by atoms with E-state index in [-0.39, 0.29) is 33.6 Å². The molecule has 27 heteroatoms. The number of hydrogen-bond acceptors (Lipinski definition) is 18. The summed E-state index contributed by atoms with van der Waals surface area (Å²) in [5.41, 5.74) is 3.42. The van der Waals surface area contributed by atoms with Gasteiger partial charge in [0.15, 0.2) is 52.4 Å². The SMILES string of the molecule is C[C@@H]1NCCC[C@@H]1c1cc2c(Nc3c(F)cc4scnc4c3F)c(F)cnc2s1.C[C@@H]1NCCC[C@H]1c1cc2c(Nc3c(F)cc4scnc4c3F)c(F)cnc2s1.C[C@H]1NCCC[C@@H]1c1cc2c(Nc3c(F)cc4scnc4c3F)c(F)cnc2s1. The fourth-order valence-electron chi connectivity index (χ4n) is 11.7. The number of thiophene rings is 3. The Labute approximate surface area is 514 Å². The fourth-order valence-corrected chi connectivity index (χ4v) is 17.5. The molecule has 87 heavy (non-hydrogen) atoms. The van der Waals surface area contributed by atoms with E-state index in [9.17, 15) is 39.5 Å². The van der Waals surface area contributed by atoms with Crippen LogP contribution >= 0.6 is 68.0 Å². The Balaban J connectivity index is 0.000000121. The van der Waals surface area contributed by atoms with E-state index in [0.29, 0.717) is 80.6 Å². The van der Waals surface area contributed by atoms with Crippen molar-refractivity contribution in [2.75, 3.05) is 35.6 Å². The van der Waals surface area contributed by atoms with Crippen LogP contribution in [-0.2, 0) is 0 Å². The molecule has 12 heterocycles. The van der Waals surface area contributed by atoms with Gasteiger partial charge in [0.1, 0.15) is 48.1 Å². The summed E-state index contributed by atoms with van der Waals surface area (Å²) in [5.74, 6) is -5.91. The van der Waals surface area contributed by atoms with E-state index in [0.717, 1.165) is 125 Å². The van der Waals surface area contributed by atoms with Gasteiger partial charge in [-0.1, -0.05) is 0 Å². The van der Waals surface area contributed by atoms with Crippen LogP contribution in [0.15, 0.2) is 71.5 Å². The molecule has 0 saturated carbocycles. The maximum Gasteiger partial charge on any atom is 0.176 e. The third kappa shape index (κ3) is 11.5. The van der Waals surface area contributed by atoms with Gasteiger partial charge in [-0.2, -0.15) is 0 Å². The average Bonchev–Trinajstić information content (AvgIpc) is 2.17. The smallest absolute Gasteiger partial charge is 0.176 e. The minimum absolute atomic E-state index is 0.0290. The summed E-state index contributed by atoms with van der Waals surface area (Å²) in [6.45, 7) is 9.36. The standard InChI is InChI=1S/3C20H17F3N4S2/c3*1-9-10(3-2-4-24-9)14-5-11-17(13(22)7-25-20(11)29-14)27-18-12(21)6-15-19(16(18)23)26-8-28-15/h3*5-10,24H,2-4H2,1H3,(H,25,27)/t2*9-,10+;9-,10-/m100/s1. The number of benzene rings is 3. The number of anilines is 6. The van der Waals surface area contributed by atoms with Crippen LogP contribution in [0, 0.1) is 52.4 Å². The molecule has 0 bridgehead atoms. The fraction of sp³-hybridized carbons (Fsp3) is 0.300. The third-order valence-electron chi connectivity index (χ3n) is 16.3. The predicted octanol–water partition coefficient (Wildman–Crippen LogP) is 17.8. The van der Waals surface area contributed by atoms with Crippen molar-refractivity contribution in [2.45, 2.75) is 95.2 Å². The highest BCUT2D eigenvalue weighted by Gasteiger charge is 2.30. The van der Waals surface area contributed by atoms with Crippen molar-refractivity contribution in [3.63, 3.8) is 0 Å². The summed E-state index contributed by atoms with van der Waals surface area (Å²) in [6.07, 6.45) is 9.59. The molecule has 0 unspecified atom stereocenters. The molecule has 3 aromatic carbocycles.